The fourth-order valence-electron chi connectivity index (χ4n) is 1.26. The zero-order chi connectivity index (χ0) is 17.4. The first-order valence-corrected chi connectivity index (χ1v) is 7.36. The van der Waals surface area contributed by atoms with Crippen molar-refractivity contribution < 1.29 is 19.1 Å². The molecule has 0 aromatic rings. The van der Waals surface area contributed by atoms with Crippen LogP contribution in [-0.4, -0.2) is 75.2 Å². The van der Waals surface area contributed by atoms with Gasteiger partial charge in [-0.3, -0.25) is 0 Å². The van der Waals surface area contributed by atoms with Gasteiger partial charge in [0.05, 0.1) is 0 Å². The molecule has 0 fully saturated rings. The third kappa shape index (κ3) is 16.4. The molecule has 6 heteroatoms. The summed E-state index contributed by atoms with van der Waals surface area (Å²) in [4.78, 5) is 25.2. The summed E-state index contributed by atoms with van der Waals surface area (Å²) in [5.74, 6) is -0.705. The maximum Gasteiger partial charge on any atom is 0.330 e. The lowest BCUT2D eigenvalue weighted by Gasteiger charge is -2.16. The summed E-state index contributed by atoms with van der Waals surface area (Å²) in [5.41, 5.74) is 0. The molecule has 0 radical (unpaired) electrons. The zero-order valence-corrected chi connectivity index (χ0v) is 14.3. The van der Waals surface area contributed by atoms with E-state index in [2.05, 4.69) is 31.9 Å². The normalized spacial score (nSPS) is 9.73. The summed E-state index contributed by atoms with van der Waals surface area (Å²) >= 11 is 0. The standard InChI is InChI=1S/C9H17NO2.C7H13NO2/c1-4-9(11)12-8-7-10(5-2)6-3;1-4-7(9)10-6-5-8(2)3/h4H,1,5-8H2,2-3H3;4H,1,5-6H2,2-3H3. The second-order valence-corrected chi connectivity index (χ2v) is 4.57. The Balaban J connectivity index is 0. The van der Waals surface area contributed by atoms with Crippen molar-refractivity contribution in [3.8, 4) is 0 Å². The molecule has 22 heavy (non-hydrogen) atoms. The summed E-state index contributed by atoms with van der Waals surface area (Å²) in [7, 11) is 3.84. The van der Waals surface area contributed by atoms with Crippen molar-refractivity contribution in [3.63, 3.8) is 0 Å². The van der Waals surface area contributed by atoms with Crippen LogP contribution in [0.4, 0.5) is 0 Å². The number of hydrogen-bond donors (Lipinski definition) is 0. The van der Waals surface area contributed by atoms with Crippen molar-refractivity contribution in [2.45, 2.75) is 13.8 Å². The highest BCUT2D eigenvalue weighted by Crippen LogP contribution is 1.87. The van der Waals surface area contributed by atoms with E-state index in [1.807, 2.05) is 19.0 Å². The molecule has 0 rings (SSSR count). The average Bonchev–Trinajstić information content (AvgIpc) is 2.51. The Kier molecular flexibility index (Phi) is 16.2. The van der Waals surface area contributed by atoms with Gasteiger partial charge in [-0.05, 0) is 27.2 Å². The quantitative estimate of drug-likeness (QED) is 0.448. The van der Waals surface area contributed by atoms with Crippen LogP contribution in [0.25, 0.3) is 0 Å². The minimum atomic E-state index is -0.359. The predicted molar refractivity (Wildman–Crippen MR) is 88.7 cm³/mol. The van der Waals surface area contributed by atoms with Gasteiger partial charge in [0, 0.05) is 25.2 Å². The molecule has 0 bridgehead atoms. The smallest absolute Gasteiger partial charge is 0.330 e. The number of esters is 2. The van der Waals surface area contributed by atoms with Gasteiger partial charge >= 0.3 is 11.9 Å². The number of ether oxygens (including phenoxy) is 2. The van der Waals surface area contributed by atoms with E-state index >= 15 is 0 Å². The topological polar surface area (TPSA) is 59.1 Å². The van der Waals surface area contributed by atoms with Crippen LogP contribution in [-0.2, 0) is 19.1 Å². The third-order valence-electron chi connectivity index (χ3n) is 2.66. The molecule has 0 aromatic carbocycles. The zero-order valence-electron chi connectivity index (χ0n) is 14.3. The first kappa shape index (κ1) is 22.6. The second kappa shape index (κ2) is 15.7. The fraction of sp³-hybridized carbons (Fsp3) is 0.625. The van der Waals surface area contributed by atoms with Gasteiger partial charge in [0.25, 0.3) is 0 Å². The number of hydrogen-bond acceptors (Lipinski definition) is 6. The molecule has 0 aromatic heterocycles. The van der Waals surface area contributed by atoms with Gasteiger partial charge in [-0.2, -0.15) is 0 Å². The molecule has 0 aliphatic carbocycles. The Labute approximate surface area is 134 Å². The highest BCUT2D eigenvalue weighted by Gasteiger charge is 2.00. The number of likely N-dealkylation sites (N-methyl/N-ethyl adjacent to an activating group) is 2. The molecule has 6 nitrogen and oxygen atoms in total. The molecule has 0 amide bonds. The van der Waals surface area contributed by atoms with Crippen LogP contribution < -0.4 is 0 Å². The van der Waals surface area contributed by atoms with Gasteiger partial charge in [0.15, 0.2) is 0 Å². The summed E-state index contributed by atoms with van der Waals surface area (Å²) in [6.07, 6.45) is 2.35. The Morgan fingerprint density at radius 3 is 1.64 bits per heavy atom. The van der Waals surface area contributed by atoms with Crippen LogP contribution >= 0.6 is 0 Å². The molecule has 0 atom stereocenters. The molecule has 0 heterocycles. The van der Waals surface area contributed by atoms with E-state index in [-0.39, 0.29) is 11.9 Å². The van der Waals surface area contributed by atoms with Crippen molar-refractivity contribution in [2.24, 2.45) is 0 Å². The van der Waals surface area contributed by atoms with E-state index < -0.39 is 0 Å². The Morgan fingerprint density at radius 1 is 0.909 bits per heavy atom. The van der Waals surface area contributed by atoms with E-state index in [0.717, 1.165) is 32.3 Å². The van der Waals surface area contributed by atoms with E-state index in [9.17, 15) is 9.59 Å². The molecule has 0 aliphatic heterocycles. The number of nitrogens with zero attached hydrogens (tertiary/aromatic N) is 2. The molecular weight excluding hydrogens is 284 g/mol. The lowest BCUT2D eigenvalue weighted by molar-refractivity contribution is -0.139. The van der Waals surface area contributed by atoms with Crippen molar-refractivity contribution in [2.75, 3.05) is 53.5 Å². The minimum Gasteiger partial charge on any atom is -0.461 e. The highest BCUT2D eigenvalue weighted by atomic mass is 16.5. The fourth-order valence-corrected chi connectivity index (χ4v) is 1.26. The predicted octanol–water partition coefficient (Wildman–Crippen LogP) is 1.33. The van der Waals surface area contributed by atoms with E-state index in [1.165, 1.54) is 6.08 Å². The van der Waals surface area contributed by atoms with Gasteiger partial charge in [-0.1, -0.05) is 27.0 Å². The van der Waals surface area contributed by atoms with Crippen LogP contribution in [0.1, 0.15) is 13.8 Å². The molecule has 0 aliphatic rings. The van der Waals surface area contributed by atoms with E-state index in [0.29, 0.717) is 13.2 Å². The number of carbonyl (C=O) groups excluding carboxylic acids is 2. The molecular formula is C16H30N2O4. The molecule has 0 saturated carbocycles. The van der Waals surface area contributed by atoms with Crippen LogP contribution in [0.5, 0.6) is 0 Å². The summed E-state index contributed by atoms with van der Waals surface area (Å²) in [5, 5.41) is 0. The van der Waals surface area contributed by atoms with E-state index in [4.69, 9.17) is 9.47 Å². The second-order valence-electron chi connectivity index (χ2n) is 4.57. The third-order valence-corrected chi connectivity index (χ3v) is 2.66. The number of rotatable bonds is 10. The molecule has 128 valence electrons. The van der Waals surface area contributed by atoms with Crippen molar-refractivity contribution in [3.05, 3.63) is 25.3 Å². The lowest BCUT2D eigenvalue weighted by atomic mass is 10.5. The van der Waals surface area contributed by atoms with Gasteiger partial charge in [-0.15, -0.1) is 0 Å². The van der Waals surface area contributed by atoms with Crippen LogP contribution in [0.15, 0.2) is 25.3 Å². The largest absolute Gasteiger partial charge is 0.461 e. The van der Waals surface area contributed by atoms with E-state index in [1.54, 1.807) is 0 Å². The average molecular weight is 314 g/mol. The van der Waals surface area contributed by atoms with Crippen molar-refractivity contribution in [1.82, 2.24) is 9.80 Å². The van der Waals surface area contributed by atoms with Gasteiger partial charge < -0.3 is 19.3 Å². The highest BCUT2D eigenvalue weighted by molar-refractivity contribution is 5.81. The lowest BCUT2D eigenvalue weighted by Crippen LogP contribution is -2.27. The Morgan fingerprint density at radius 2 is 1.32 bits per heavy atom. The Hall–Kier alpha value is -1.66. The number of carbonyl (C=O) groups is 2. The minimum absolute atomic E-state index is 0.345. The summed E-state index contributed by atoms with van der Waals surface area (Å²) in [6.45, 7) is 15.1. The maximum absolute atomic E-state index is 10.6. The molecule has 0 N–H and O–H groups in total. The SMILES string of the molecule is C=CC(=O)OCCN(C)C.C=CC(=O)OCCN(CC)CC. The van der Waals surface area contributed by atoms with Crippen LogP contribution in [0.3, 0.4) is 0 Å². The maximum atomic E-state index is 10.6. The molecule has 0 spiro atoms. The van der Waals surface area contributed by atoms with Gasteiger partial charge in [0.2, 0.25) is 0 Å². The summed E-state index contributed by atoms with van der Waals surface area (Å²) < 4.78 is 9.53. The van der Waals surface area contributed by atoms with Crippen LogP contribution in [0, 0.1) is 0 Å². The van der Waals surface area contributed by atoms with Crippen molar-refractivity contribution >= 4 is 11.9 Å². The molecule has 0 saturated heterocycles. The van der Waals surface area contributed by atoms with Gasteiger partial charge in [-0.25, -0.2) is 9.59 Å². The van der Waals surface area contributed by atoms with Crippen LogP contribution in [0.2, 0.25) is 0 Å². The Bertz CT molecular complexity index is 326. The molecule has 0 unspecified atom stereocenters. The van der Waals surface area contributed by atoms with Gasteiger partial charge in [0.1, 0.15) is 13.2 Å². The summed E-state index contributed by atoms with van der Waals surface area (Å²) in [6, 6.07) is 0. The first-order chi connectivity index (χ1) is 10.4. The monoisotopic (exact) mass is 314 g/mol. The van der Waals surface area contributed by atoms with Crippen molar-refractivity contribution in [1.29, 1.82) is 0 Å². The first-order valence-electron chi connectivity index (χ1n) is 7.36.